The largest absolute Gasteiger partial charge is 0.497 e. The summed E-state index contributed by atoms with van der Waals surface area (Å²) in [6.45, 7) is 1.52. The van der Waals surface area contributed by atoms with E-state index < -0.39 is 0 Å². The minimum absolute atomic E-state index is 0.0403. The molecule has 2 rings (SSSR count). The topological polar surface area (TPSA) is 44.1 Å². The van der Waals surface area contributed by atoms with Gasteiger partial charge in [0, 0.05) is 19.3 Å². The number of Topliss-reactive ketones (excluding diaryl/α,β-unsaturated/α-hetero) is 1. The molecule has 1 aromatic carbocycles. The molecule has 4 nitrogen and oxygen atoms in total. The summed E-state index contributed by atoms with van der Waals surface area (Å²) in [6.07, 6.45) is 5.17. The third-order valence-electron chi connectivity index (χ3n) is 2.51. The summed E-state index contributed by atoms with van der Waals surface area (Å²) in [4.78, 5) is 11.6. The van der Waals surface area contributed by atoms with E-state index >= 15 is 0 Å². The molecule has 0 N–H and O–H groups in total. The quantitative estimate of drug-likeness (QED) is 0.774. The first kappa shape index (κ1) is 12.1. The summed E-state index contributed by atoms with van der Waals surface area (Å²) < 4.78 is 6.71. The van der Waals surface area contributed by atoms with Gasteiger partial charge in [0.05, 0.1) is 7.11 Å². The highest BCUT2D eigenvalue weighted by atomic mass is 16.5. The van der Waals surface area contributed by atoms with Crippen molar-refractivity contribution in [1.29, 1.82) is 0 Å². The van der Waals surface area contributed by atoms with Crippen molar-refractivity contribution in [2.75, 3.05) is 7.11 Å². The zero-order valence-electron chi connectivity index (χ0n) is 10.3. The number of rotatable bonds is 4. The average molecular weight is 242 g/mol. The molecule has 0 aliphatic heterocycles. The molecule has 0 saturated carbocycles. The van der Waals surface area contributed by atoms with Gasteiger partial charge in [0.25, 0.3) is 0 Å². The van der Waals surface area contributed by atoms with Crippen LogP contribution in [-0.4, -0.2) is 22.7 Å². The van der Waals surface area contributed by atoms with Crippen LogP contribution < -0.4 is 4.74 Å². The first-order chi connectivity index (χ1) is 8.70. The second-order valence-corrected chi connectivity index (χ2v) is 3.81. The number of nitrogens with zero attached hydrogens (tertiary/aromatic N) is 2. The van der Waals surface area contributed by atoms with E-state index in [9.17, 15) is 4.79 Å². The van der Waals surface area contributed by atoms with Gasteiger partial charge in [0.15, 0.2) is 5.78 Å². The number of carbonyl (C=O) groups is 1. The second kappa shape index (κ2) is 5.31. The van der Waals surface area contributed by atoms with Crippen LogP contribution in [0.4, 0.5) is 0 Å². The van der Waals surface area contributed by atoms with Crippen LogP contribution in [0.25, 0.3) is 11.8 Å². The van der Waals surface area contributed by atoms with Crippen molar-refractivity contribution in [2.24, 2.45) is 0 Å². The fourth-order valence-electron chi connectivity index (χ4n) is 1.63. The molecule has 0 aliphatic carbocycles. The molecule has 1 heterocycles. The lowest BCUT2D eigenvalue weighted by molar-refractivity contribution is -0.112. The molecule has 4 heteroatoms. The van der Waals surface area contributed by atoms with Gasteiger partial charge in [-0.25, -0.2) is 4.68 Å². The number of allylic oxidation sites excluding steroid dienone is 1. The minimum Gasteiger partial charge on any atom is -0.497 e. The van der Waals surface area contributed by atoms with Crippen molar-refractivity contribution >= 4 is 17.6 Å². The van der Waals surface area contributed by atoms with Crippen LogP contribution in [0.3, 0.4) is 0 Å². The Hall–Kier alpha value is -2.36. The van der Waals surface area contributed by atoms with Crippen LogP contribution >= 0.6 is 0 Å². The Morgan fingerprint density at radius 3 is 2.83 bits per heavy atom. The van der Waals surface area contributed by atoms with E-state index in [4.69, 9.17) is 4.74 Å². The lowest BCUT2D eigenvalue weighted by Gasteiger charge is -2.05. The number of benzene rings is 1. The molecule has 18 heavy (non-hydrogen) atoms. The van der Waals surface area contributed by atoms with E-state index in [0.717, 1.165) is 11.3 Å². The molecule has 0 radical (unpaired) electrons. The molecule has 2 aromatic rings. The molecule has 0 bridgehead atoms. The molecule has 92 valence electrons. The number of hydrogen-bond donors (Lipinski definition) is 0. The molecule has 0 spiro atoms. The van der Waals surface area contributed by atoms with Crippen molar-refractivity contribution < 1.29 is 9.53 Å². The van der Waals surface area contributed by atoms with Crippen LogP contribution in [0.2, 0.25) is 0 Å². The third-order valence-corrected chi connectivity index (χ3v) is 2.51. The van der Waals surface area contributed by atoms with E-state index in [0.29, 0.717) is 5.70 Å². The Morgan fingerprint density at radius 1 is 1.39 bits per heavy atom. The van der Waals surface area contributed by atoms with E-state index in [1.165, 1.54) is 6.92 Å². The normalized spacial score (nSPS) is 11.3. The van der Waals surface area contributed by atoms with Gasteiger partial charge >= 0.3 is 0 Å². The standard InChI is InChI=1S/C14H14N2O2/c1-11(17)14(16-8-4-7-15-16)10-12-5-3-6-13(9-12)18-2/h3-10H,1-2H3/b14-10-. The third kappa shape index (κ3) is 2.66. The van der Waals surface area contributed by atoms with Crippen molar-refractivity contribution in [3.63, 3.8) is 0 Å². The summed E-state index contributed by atoms with van der Waals surface area (Å²) in [7, 11) is 1.61. The predicted octanol–water partition coefficient (Wildman–Crippen LogP) is 2.48. The van der Waals surface area contributed by atoms with Gasteiger partial charge < -0.3 is 4.74 Å². The van der Waals surface area contributed by atoms with Crippen molar-refractivity contribution in [3.8, 4) is 5.75 Å². The summed E-state index contributed by atoms with van der Waals surface area (Å²) >= 11 is 0. The van der Waals surface area contributed by atoms with Gasteiger partial charge in [0.2, 0.25) is 0 Å². The Labute approximate surface area is 106 Å². The maximum Gasteiger partial charge on any atom is 0.178 e. The van der Waals surface area contributed by atoms with E-state index in [2.05, 4.69) is 5.10 Å². The zero-order valence-corrected chi connectivity index (χ0v) is 10.3. The van der Waals surface area contributed by atoms with Crippen LogP contribution in [0.15, 0.2) is 42.7 Å². The van der Waals surface area contributed by atoms with Crippen LogP contribution in [-0.2, 0) is 4.79 Å². The number of methoxy groups -OCH3 is 1. The van der Waals surface area contributed by atoms with Gasteiger partial charge in [-0.3, -0.25) is 4.79 Å². The highest BCUT2D eigenvalue weighted by Gasteiger charge is 2.07. The second-order valence-electron chi connectivity index (χ2n) is 3.81. The molecule has 0 saturated heterocycles. The number of aromatic nitrogens is 2. The molecule has 0 amide bonds. The van der Waals surface area contributed by atoms with E-state index in [-0.39, 0.29) is 5.78 Å². The molecular weight excluding hydrogens is 228 g/mol. The molecular formula is C14H14N2O2. The highest BCUT2D eigenvalue weighted by Crippen LogP contribution is 2.17. The van der Waals surface area contributed by atoms with Crippen molar-refractivity contribution in [3.05, 3.63) is 48.3 Å². The Bertz CT molecular complexity index is 571. The number of ether oxygens (including phenoxy) is 1. The average Bonchev–Trinajstić information content (AvgIpc) is 2.89. The predicted molar refractivity (Wildman–Crippen MR) is 70.1 cm³/mol. The first-order valence-electron chi connectivity index (χ1n) is 5.57. The summed E-state index contributed by atoms with van der Waals surface area (Å²) in [5.74, 6) is 0.716. The maximum absolute atomic E-state index is 11.6. The zero-order chi connectivity index (χ0) is 13.0. The Balaban J connectivity index is 2.42. The number of ketones is 1. The Kier molecular flexibility index (Phi) is 3.57. The molecule has 0 fully saturated rings. The fraction of sp³-hybridized carbons (Fsp3) is 0.143. The van der Waals surface area contributed by atoms with Gasteiger partial charge in [-0.1, -0.05) is 12.1 Å². The molecule has 0 atom stereocenters. The summed E-state index contributed by atoms with van der Waals surface area (Å²) in [5, 5.41) is 4.07. The monoisotopic (exact) mass is 242 g/mol. The van der Waals surface area contributed by atoms with E-state index in [1.54, 1.807) is 36.3 Å². The SMILES string of the molecule is COc1cccc(/C=C(/C(C)=O)n2cccn2)c1. The molecule has 0 unspecified atom stereocenters. The smallest absolute Gasteiger partial charge is 0.178 e. The summed E-state index contributed by atoms with van der Waals surface area (Å²) in [5.41, 5.74) is 1.42. The highest BCUT2D eigenvalue weighted by molar-refractivity contribution is 6.18. The molecule has 1 aromatic heterocycles. The lowest BCUT2D eigenvalue weighted by Crippen LogP contribution is -2.05. The number of carbonyl (C=O) groups excluding carboxylic acids is 1. The van der Waals surface area contributed by atoms with Crippen LogP contribution in [0.5, 0.6) is 5.75 Å². The van der Waals surface area contributed by atoms with Crippen LogP contribution in [0.1, 0.15) is 12.5 Å². The maximum atomic E-state index is 11.6. The van der Waals surface area contributed by atoms with Crippen LogP contribution in [0, 0.1) is 0 Å². The molecule has 0 aliphatic rings. The first-order valence-corrected chi connectivity index (χ1v) is 5.57. The minimum atomic E-state index is -0.0403. The van der Waals surface area contributed by atoms with E-state index in [1.807, 2.05) is 24.3 Å². The van der Waals surface area contributed by atoms with Gasteiger partial charge in [-0.2, -0.15) is 5.10 Å². The van der Waals surface area contributed by atoms with Gasteiger partial charge in [-0.05, 0) is 29.8 Å². The van der Waals surface area contributed by atoms with Gasteiger partial charge in [-0.15, -0.1) is 0 Å². The Morgan fingerprint density at radius 2 is 2.22 bits per heavy atom. The number of hydrogen-bond acceptors (Lipinski definition) is 3. The fourth-order valence-corrected chi connectivity index (χ4v) is 1.63. The lowest BCUT2D eigenvalue weighted by atomic mass is 10.1. The van der Waals surface area contributed by atoms with Crippen molar-refractivity contribution in [1.82, 2.24) is 9.78 Å². The van der Waals surface area contributed by atoms with Gasteiger partial charge in [0.1, 0.15) is 11.4 Å². The van der Waals surface area contributed by atoms with Crippen molar-refractivity contribution in [2.45, 2.75) is 6.92 Å². The summed E-state index contributed by atoms with van der Waals surface area (Å²) in [6, 6.07) is 9.30.